The highest BCUT2D eigenvalue weighted by Gasteiger charge is 2.44. The van der Waals surface area contributed by atoms with Crippen LogP contribution in [0.1, 0.15) is 50.5 Å². The molecule has 3 N–H and O–H groups in total. The number of H-pyrrole nitrogens is 1. The van der Waals surface area contributed by atoms with Crippen LogP contribution in [0.15, 0.2) is 43.5 Å². The van der Waals surface area contributed by atoms with Gasteiger partial charge < -0.3 is 15.6 Å². The number of hydrogen-bond acceptors (Lipinski definition) is 5. The highest BCUT2D eigenvalue weighted by molar-refractivity contribution is 5.94. The van der Waals surface area contributed by atoms with Crippen LogP contribution in [0.2, 0.25) is 0 Å². The van der Waals surface area contributed by atoms with E-state index in [0.717, 1.165) is 39.8 Å². The fraction of sp³-hybridized carbons (Fsp3) is 0.444. The van der Waals surface area contributed by atoms with Crippen molar-refractivity contribution in [1.82, 2.24) is 29.9 Å². The number of hydrogen-bond donors (Lipinski definition) is 3. The van der Waals surface area contributed by atoms with E-state index in [4.69, 9.17) is 4.98 Å². The summed E-state index contributed by atoms with van der Waals surface area (Å²) >= 11 is 0. The molecule has 2 aliphatic rings. The zero-order chi connectivity index (χ0) is 25.1. The molecule has 0 aromatic carbocycles. The molecule has 0 saturated heterocycles. The van der Waals surface area contributed by atoms with Crippen LogP contribution in [-0.4, -0.2) is 50.1 Å². The first-order valence-electron chi connectivity index (χ1n) is 12.7. The molecule has 0 spiro atoms. The quantitative estimate of drug-likeness (QED) is 0.311. The van der Waals surface area contributed by atoms with Crippen LogP contribution < -0.4 is 10.6 Å². The lowest BCUT2D eigenvalue weighted by atomic mass is 9.81. The minimum Gasteiger partial charge on any atom is -0.351 e. The van der Waals surface area contributed by atoms with Gasteiger partial charge in [-0.1, -0.05) is 31.9 Å². The monoisotopic (exact) mass is 493 g/mol. The molecule has 4 aromatic rings. The fourth-order valence-corrected chi connectivity index (χ4v) is 5.19. The Morgan fingerprint density at radius 2 is 2.03 bits per heavy atom. The van der Waals surface area contributed by atoms with Crippen molar-refractivity contribution in [3.05, 3.63) is 49.1 Å². The van der Waals surface area contributed by atoms with Crippen molar-refractivity contribution >= 4 is 28.6 Å². The Labute approximate surface area is 209 Å². The van der Waals surface area contributed by atoms with Gasteiger partial charge in [0.15, 0.2) is 0 Å². The molecule has 9 heteroatoms. The summed E-state index contributed by atoms with van der Waals surface area (Å²) in [5, 5.41) is 11.7. The first-order chi connectivity index (χ1) is 17.5. The maximum absolute atomic E-state index is 12.1. The number of alkyl halides is 2. The molecular weight excluding hydrogens is 460 g/mol. The largest absolute Gasteiger partial charge is 0.351 e. The third-order valence-electron chi connectivity index (χ3n) is 7.12. The molecule has 0 atom stereocenters. The minimum atomic E-state index is -2.35. The number of halogens is 2. The highest BCUT2D eigenvalue weighted by atomic mass is 19.3. The van der Waals surface area contributed by atoms with E-state index in [9.17, 15) is 8.78 Å². The van der Waals surface area contributed by atoms with Crippen molar-refractivity contribution < 1.29 is 8.78 Å². The van der Waals surface area contributed by atoms with Crippen molar-refractivity contribution in [2.75, 3.05) is 18.9 Å². The second kappa shape index (κ2) is 10.3. The molecule has 0 unspecified atom stereocenters. The van der Waals surface area contributed by atoms with Gasteiger partial charge in [0.25, 0.3) is 0 Å². The van der Waals surface area contributed by atoms with Gasteiger partial charge in [0.2, 0.25) is 11.9 Å². The van der Waals surface area contributed by atoms with Gasteiger partial charge >= 0.3 is 0 Å². The van der Waals surface area contributed by atoms with E-state index in [0.29, 0.717) is 12.0 Å². The van der Waals surface area contributed by atoms with E-state index in [1.807, 2.05) is 35.4 Å². The van der Waals surface area contributed by atoms with Crippen LogP contribution in [0, 0.1) is 5.92 Å². The fourth-order valence-electron chi connectivity index (χ4n) is 5.19. The average molecular weight is 494 g/mol. The molecule has 2 aliphatic carbocycles. The van der Waals surface area contributed by atoms with Gasteiger partial charge in [-0.05, 0) is 50.0 Å². The van der Waals surface area contributed by atoms with E-state index in [1.165, 1.54) is 32.1 Å². The summed E-state index contributed by atoms with van der Waals surface area (Å²) in [6.07, 6.45) is 16.0. The van der Waals surface area contributed by atoms with Gasteiger partial charge in [-0.25, -0.2) is 18.3 Å². The smallest absolute Gasteiger partial charge is 0.248 e. The van der Waals surface area contributed by atoms with Gasteiger partial charge in [-0.3, -0.25) is 0 Å². The van der Waals surface area contributed by atoms with Crippen molar-refractivity contribution in [2.45, 2.75) is 56.9 Å². The topological polar surface area (TPSA) is 82.9 Å². The maximum atomic E-state index is 12.1. The molecule has 2 saturated carbocycles. The van der Waals surface area contributed by atoms with E-state index < -0.39 is 5.92 Å². The summed E-state index contributed by atoms with van der Waals surface area (Å²) in [5.74, 6) is -1.42. The minimum absolute atomic E-state index is 0.0772. The predicted octanol–water partition coefficient (Wildman–Crippen LogP) is 5.91. The Balaban J connectivity index is 0.000000252. The lowest BCUT2D eigenvalue weighted by Gasteiger charge is -2.34. The number of nitrogens with one attached hydrogen (secondary N) is 3. The van der Waals surface area contributed by atoms with E-state index in [-0.39, 0.29) is 18.8 Å². The van der Waals surface area contributed by atoms with Crippen LogP contribution in [0.4, 0.5) is 14.7 Å². The molecule has 6 rings (SSSR count). The molecule has 4 aromatic heterocycles. The van der Waals surface area contributed by atoms with Crippen LogP contribution in [-0.2, 0) is 0 Å². The molecule has 0 bridgehead atoms. The van der Waals surface area contributed by atoms with E-state index in [2.05, 4.69) is 44.4 Å². The molecule has 190 valence electrons. The highest BCUT2D eigenvalue weighted by Crippen LogP contribution is 2.41. The Hall–Kier alpha value is -3.33. The van der Waals surface area contributed by atoms with Gasteiger partial charge in [0, 0.05) is 54.0 Å². The normalized spacial score (nSPS) is 18.0. The molecule has 0 amide bonds. The van der Waals surface area contributed by atoms with Crippen molar-refractivity contribution in [2.24, 2.45) is 5.92 Å². The summed E-state index contributed by atoms with van der Waals surface area (Å²) < 4.78 is 26.0. The van der Waals surface area contributed by atoms with E-state index in [1.54, 1.807) is 7.05 Å². The Morgan fingerprint density at radius 1 is 1.22 bits per heavy atom. The average Bonchev–Trinajstić information content (AvgIpc) is 3.47. The molecule has 0 aliphatic heterocycles. The van der Waals surface area contributed by atoms with Crippen molar-refractivity contribution in [3.8, 4) is 11.1 Å². The third kappa shape index (κ3) is 5.26. The molecule has 7 nitrogen and oxygen atoms in total. The van der Waals surface area contributed by atoms with Crippen molar-refractivity contribution in [1.29, 1.82) is 0 Å². The second-order valence-electron chi connectivity index (χ2n) is 9.87. The number of pyridine rings is 1. The standard InChI is InChI=1S/C21H22N6.C6H11F2N/c1-2-14-11-24-27-9-8-15(10-19(14)27)17-12-22-20-18(17)13-23-21(26-20)25-16-6-4-3-5-7-16;1-9-4-5-2-6(7,8)3-5/h2,8-13,16H,1,3-7H2,(H2,22,23,25,26);5,9H,2-4H2,1H3. The summed E-state index contributed by atoms with van der Waals surface area (Å²) in [6, 6.07) is 4.68. The number of anilines is 1. The number of rotatable bonds is 6. The second-order valence-corrected chi connectivity index (χ2v) is 9.87. The molecule has 36 heavy (non-hydrogen) atoms. The van der Waals surface area contributed by atoms with Gasteiger partial charge in [-0.2, -0.15) is 10.1 Å². The number of nitrogens with zero attached hydrogens (tertiary/aromatic N) is 4. The van der Waals surface area contributed by atoms with Crippen LogP contribution in [0.5, 0.6) is 0 Å². The van der Waals surface area contributed by atoms with Crippen LogP contribution in [0.25, 0.3) is 33.8 Å². The Bertz CT molecular complexity index is 1330. The summed E-state index contributed by atoms with van der Waals surface area (Å²) in [7, 11) is 1.79. The Kier molecular flexibility index (Phi) is 7.00. The number of aromatic amines is 1. The van der Waals surface area contributed by atoms with Gasteiger partial charge in [0.1, 0.15) is 5.65 Å². The van der Waals surface area contributed by atoms with Crippen LogP contribution in [0.3, 0.4) is 0 Å². The number of aromatic nitrogens is 5. The summed E-state index contributed by atoms with van der Waals surface area (Å²) in [6.45, 7) is 4.60. The van der Waals surface area contributed by atoms with Gasteiger partial charge in [-0.15, -0.1) is 0 Å². The lowest BCUT2D eigenvalue weighted by Crippen LogP contribution is -2.40. The number of fused-ring (bicyclic) bond motifs is 2. The summed E-state index contributed by atoms with van der Waals surface area (Å²) in [5.41, 5.74) is 5.11. The first-order valence-corrected chi connectivity index (χ1v) is 12.7. The SMILES string of the molecule is C=Cc1cnn2ccc(-c3c[nH]c4nc(NC5CCCCC5)ncc34)cc12.CNCC1CC(F)(F)C1. The van der Waals surface area contributed by atoms with Gasteiger partial charge in [0.05, 0.1) is 11.7 Å². The molecule has 0 radical (unpaired) electrons. The van der Waals surface area contributed by atoms with E-state index >= 15 is 0 Å². The molecule has 2 fully saturated rings. The Morgan fingerprint density at radius 3 is 2.75 bits per heavy atom. The summed E-state index contributed by atoms with van der Waals surface area (Å²) in [4.78, 5) is 12.6. The van der Waals surface area contributed by atoms with Crippen LogP contribution >= 0.6 is 0 Å². The predicted molar refractivity (Wildman–Crippen MR) is 140 cm³/mol. The van der Waals surface area contributed by atoms with Crippen molar-refractivity contribution in [3.63, 3.8) is 0 Å². The zero-order valence-corrected chi connectivity index (χ0v) is 20.6. The maximum Gasteiger partial charge on any atom is 0.248 e. The zero-order valence-electron chi connectivity index (χ0n) is 20.6. The molecular formula is C27H33F2N7. The first kappa shape index (κ1) is 24.4. The lowest BCUT2D eigenvalue weighted by molar-refractivity contribution is -0.108. The third-order valence-corrected chi connectivity index (χ3v) is 7.12. The molecule has 4 heterocycles.